The van der Waals surface area contributed by atoms with Crippen LogP contribution in [0, 0.1) is 0 Å². The largest absolute Gasteiger partial charge is 1.00 e. The van der Waals surface area contributed by atoms with Crippen LogP contribution in [-0.2, 0) is 19.5 Å². The van der Waals surface area contributed by atoms with Crippen molar-refractivity contribution < 1.29 is 96.3 Å². The Balaban J connectivity index is 0.00000243. The fraction of sp³-hybridized carbons (Fsp3) is 0. The second-order valence-corrected chi connectivity index (χ2v) is 12.6. The summed E-state index contributed by atoms with van der Waals surface area (Å²) in [6.45, 7) is 0. The van der Waals surface area contributed by atoms with Gasteiger partial charge in [-0.2, -0.15) is 4.33 Å². The Hall–Kier alpha value is -3.48. The average molecular weight is 725 g/mol. The fourth-order valence-electron chi connectivity index (χ4n) is 5.89. The second kappa shape index (κ2) is 15.0. The van der Waals surface area contributed by atoms with Crippen molar-refractivity contribution in [2.75, 3.05) is 0 Å². The molecule has 7 aromatic rings. The topological polar surface area (TPSA) is 177 Å². The van der Waals surface area contributed by atoms with Gasteiger partial charge in [0.05, 0.1) is 55.0 Å². The zero-order valence-electron chi connectivity index (χ0n) is 26.2. The fourth-order valence-corrected chi connectivity index (χ4v) is 7.04. The van der Waals surface area contributed by atoms with E-state index in [0.717, 1.165) is 10.6 Å². The number of fused-ring (bicyclic) bond motifs is 4. The number of pyridine rings is 2. The quantitative estimate of drug-likeness (QED) is 0.0470. The first-order chi connectivity index (χ1) is 23.1. The molecule has 12 nitrogen and oxygen atoms in total. The van der Waals surface area contributed by atoms with Crippen LogP contribution in [0.15, 0.2) is 129 Å². The van der Waals surface area contributed by atoms with E-state index in [2.05, 4.69) is 9.37 Å². The van der Waals surface area contributed by atoms with Gasteiger partial charge in [-0.25, -0.2) is 8.42 Å². The molecule has 2 heterocycles. The van der Waals surface area contributed by atoms with Crippen LogP contribution in [0.25, 0.3) is 43.6 Å². The molecule has 238 valence electrons. The van der Waals surface area contributed by atoms with Gasteiger partial charge in [0.15, 0.2) is 10.9 Å². The summed E-state index contributed by atoms with van der Waals surface area (Å²) in [5.74, 6) is -1.57. The Labute approximate surface area is 330 Å². The molecule has 5 aromatic carbocycles. The number of nitrogens with zero attached hydrogens (tertiary/aromatic N) is 2. The molecule has 0 atom stereocenters. The summed E-state index contributed by atoms with van der Waals surface area (Å²) in [6.07, 6.45) is 0. The van der Waals surface area contributed by atoms with Crippen LogP contribution in [0.2, 0.25) is 0 Å². The predicted molar refractivity (Wildman–Crippen MR) is 173 cm³/mol. The van der Waals surface area contributed by atoms with Crippen molar-refractivity contribution in [1.82, 2.24) is 9.13 Å². The summed E-state index contributed by atoms with van der Waals surface area (Å²) >= 11 is 0.510. The summed E-state index contributed by atoms with van der Waals surface area (Å²) < 4.78 is 43.2. The Kier molecular flexibility index (Phi) is 11.3. The normalized spacial score (nSPS) is 11.4. The first-order valence-electron chi connectivity index (χ1n) is 14.0. The standard InChI is InChI=1S/C34H20N2O10S2.2Na/c37-31-19-9-1-5-13-25(19)35(33(39)21-11-3-7-15-29(21)47-46-45-41)27-17-24-28(18-23(27)31)36(26-14-6-2-10-20(26)32(24)38)34(40)22-12-4-8-16-30(22)48(42,43)44;;/h1-18,41H,(H,42,43,44);;/q;2*+1/p-2. The summed E-state index contributed by atoms with van der Waals surface area (Å²) in [7, 11) is -5.09. The first-order valence-corrected chi connectivity index (χ1v) is 16.2. The first kappa shape index (κ1) is 37.8. The zero-order chi connectivity index (χ0) is 33.7. The Morgan fingerprint density at radius 1 is 0.600 bits per heavy atom. The summed E-state index contributed by atoms with van der Waals surface area (Å²) in [5, 5.41) is 14.1. The number of rotatable bonds is 6. The van der Waals surface area contributed by atoms with E-state index in [1.165, 1.54) is 65.2 Å². The van der Waals surface area contributed by atoms with E-state index in [4.69, 9.17) is 0 Å². The molecule has 0 radical (unpaired) electrons. The van der Waals surface area contributed by atoms with Crippen molar-refractivity contribution >= 4 is 77.6 Å². The number of hydrogen-bond donors (Lipinski definition) is 0. The smallest absolute Gasteiger partial charge is 0.744 e. The number of para-hydroxylation sites is 2. The van der Waals surface area contributed by atoms with E-state index in [9.17, 15) is 37.4 Å². The van der Waals surface area contributed by atoms with Crippen LogP contribution in [0.5, 0.6) is 0 Å². The molecule has 7 rings (SSSR count). The summed E-state index contributed by atoms with van der Waals surface area (Å²) in [5.41, 5.74) is -1.12. The monoisotopic (exact) mass is 724 g/mol. The maximum absolute atomic E-state index is 14.3. The van der Waals surface area contributed by atoms with E-state index in [1.807, 2.05) is 0 Å². The van der Waals surface area contributed by atoms with Gasteiger partial charge in [-0.1, -0.05) is 48.5 Å². The Morgan fingerprint density at radius 2 is 1.04 bits per heavy atom. The summed E-state index contributed by atoms with van der Waals surface area (Å²) in [4.78, 5) is 56.1. The molecule has 0 aliphatic rings. The molecule has 0 saturated carbocycles. The molecule has 0 N–H and O–H groups in total. The molecule has 0 aliphatic carbocycles. The number of carbonyl (C=O) groups is 2. The van der Waals surface area contributed by atoms with Crippen molar-refractivity contribution in [1.29, 1.82) is 0 Å². The molecule has 0 unspecified atom stereocenters. The van der Waals surface area contributed by atoms with E-state index in [1.54, 1.807) is 42.5 Å². The SMILES string of the molecule is O=C(c1ccccc1SOO[O-])n1c2ccccc2c(=O)c2cc3c(cc21)c(=O)c1ccccc1n3C(=O)c1ccccc1S(=O)(=O)[O-].[Na+].[Na+]. The molecule has 16 heteroatoms. The van der Waals surface area contributed by atoms with Crippen LogP contribution in [0.4, 0.5) is 0 Å². The number of benzene rings is 5. The molecule has 0 amide bonds. The van der Waals surface area contributed by atoms with Crippen LogP contribution in [-0.4, -0.2) is 33.9 Å². The van der Waals surface area contributed by atoms with Gasteiger partial charge in [0.25, 0.3) is 11.8 Å². The molecule has 0 spiro atoms. The molecule has 0 aliphatic heterocycles. The molecule has 50 heavy (non-hydrogen) atoms. The number of carbonyl (C=O) groups excluding carboxylic acids is 2. The average Bonchev–Trinajstić information content (AvgIpc) is 3.10. The van der Waals surface area contributed by atoms with E-state index >= 15 is 0 Å². The van der Waals surface area contributed by atoms with Crippen molar-refractivity contribution in [3.63, 3.8) is 0 Å². The molecule has 0 fully saturated rings. The van der Waals surface area contributed by atoms with Gasteiger partial charge in [0.2, 0.25) is 0 Å². The van der Waals surface area contributed by atoms with Gasteiger partial charge >= 0.3 is 59.1 Å². The van der Waals surface area contributed by atoms with Gasteiger partial charge < -0.3 is 9.81 Å². The van der Waals surface area contributed by atoms with Gasteiger partial charge in [0, 0.05) is 21.5 Å². The van der Waals surface area contributed by atoms with Crippen LogP contribution in [0.3, 0.4) is 0 Å². The van der Waals surface area contributed by atoms with E-state index in [0.29, 0.717) is 12.0 Å². The number of aromatic nitrogens is 2. The maximum atomic E-state index is 14.3. The van der Waals surface area contributed by atoms with Crippen LogP contribution in [0.1, 0.15) is 20.7 Å². The molecule has 0 bridgehead atoms. The third-order valence-corrected chi connectivity index (χ3v) is 9.48. The molecule has 0 saturated heterocycles. The third kappa shape index (κ3) is 6.43. The Bertz CT molecular complexity index is 2750. The van der Waals surface area contributed by atoms with Crippen molar-refractivity contribution in [3.8, 4) is 0 Å². The molecule has 2 aromatic heterocycles. The minimum atomic E-state index is -5.09. The molecular formula is C34H18N2Na2O10S2. The predicted octanol–water partition coefficient (Wildman–Crippen LogP) is -1.86. The van der Waals surface area contributed by atoms with Crippen LogP contribution >= 0.6 is 12.0 Å². The van der Waals surface area contributed by atoms with E-state index < -0.39 is 43.2 Å². The van der Waals surface area contributed by atoms with Crippen LogP contribution < -0.4 is 75.2 Å². The third-order valence-electron chi connectivity index (χ3n) is 7.93. The number of hydrogen-bond acceptors (Lipinski definition) is 11. The van der Waals surface area contributed by atoms with E-state index in [-0.39, 0.29) is 113 Å². The Morgan fingerprint density at radius 3 is 1.56 bits per heavy atom. The molecular weight excluding hydrogens is 706 g/mol. The minimum Gasteiger partial charge on any atom is -0.744 e. The van der Waals surface area contributed by atoms with Crippen molar-refractivity contribution in [3.05, 3.63) is 141 Å². The van der Waals surface area contributed by atoms with Gasteiger partial charge in [-0.15, -0.1) is 0 Å². The maximum Gasteiger partial charge on any atom is 1.00 e. The van der Waals surface area contributed by atoms with Crippen molar-refractivity contribution in [2.24, 2.45) is 0 Å². The minimum absolute atomic E-state index is 0. The van der Waals surface area contributed by atoms with Gasteiger partial charge in [0.1, 0.15) is 10.1 Å². The van der Waals surface area contributed by atoms with Gasteiger partial charge in [-0.05, 0) is 60.7 Å². The summed E-state index contributed by atoms with van der Waals surface area (Å²) in [6, 6.07) is 26.2. The second-order valence-electron chi connectivity index (χ2n) is 10.5. The zero-order valence-corrected chi connectivity index (χ0v) is 31.8. The van der Waals surface area contributed by atoms with Gasteiger partial charge in [-0.3, -0.25) is 33.4 Å². The van der Waals surface area contributed by atoms with Crippen molar-refractivity contribution in [2.45, 2.75) is 9.79 Å².